The third kappa shape index (κ3) is 3.82. The summed E-state index contributed by atoms with van der Waals surface area (Å²) in [6.45, 7) is 3.46. The molecule has 0 radical (unpaired) electrons. The Morgan fingerprint density at radius 1 is 1.28 bits per heavy atom. The van der Waals surface area contributed by atoms with E-state index in [1.54, 1.807) is 18.2 Å². The first-order chi connectivity index (χ1) is 8.34. The highest BCUT2D eigenvalue weighted by Crippen LogP contribution is 2.12. The smallest absolute Gasteiger partial charge is 0.243 e. The third-order valence-electron chi connectivity index (χ3n) is 2.27. The van der Waals surface area contributed by atoms with E-state index in [9.17, 15) is 13.2 Å². The second-order valence-electron chi connectivity index (χ2n) is 4.30. The van der Waals surface area contributed by atoms with Crippen LogP contribution in [0.15, 0.2) is 35.2 Å². The Balaban J connectivity index is 2.78. The van der Waals surface area contributed by atoms with Crippen LogP contribution in [0.5, 0.6) is 0 Å². The zero-order valence-corrected chi connectivity index (χ0v) is 11.6. The Labute approximate surface area is 108 Å². The van der Waals surface area contributed by atoms with E-state index in [1.807, 2.05) is 13.8 Å². The van der Waals surface area contributed by atoms with Gasteiger partial charge in [-0.05, 0) is 26.0 Å². The molecule has 5 nitrogen and oxygen atoms in total. The number of benzene rings is 1. The topological polar surface area (TPSA) is 66.5 Å². The van der Waals surface area contributed by atoms with Gasteiger partial charge in [-0.3, -0.25) is 4.79 Å². The minimum atomic E-state index is -3.60. The molecular formula is C12H18N2O3S. The molecule has 0 heterocycles. The number of sulfonamides is 1. The van der Waals surface area contributed by atoms with Crippen LogP contribution in [0.3, 0.4) is 0 Å². The van der Waals surface area contributed by atoms with Crippen LogP contribution >= 0.6 is 0 Å². The van der Waals surface area contributed by atoms with Gasteiger partial charge in [0.15, 0.2) is 0 Å². The fourth-order valence-electron chi connectivity index (χ4n) is 1.43. The number of hydrogen-bond donors (Lipinski definition) is 1. The molecule has 0 saturated carbocycles. The average molecular weight is 270 g/mol. The van der Waals surface area contributed by atoms with Gasteiger partial charge in [0.05, 0.1) is 11.4 Å². The maximum atomic E-state index is 12.1. The highest BCUT2D eigenvalue weighted by atomic mass is 32.2. The minimum Gasteiger partial charge on any atom is -0.353 e. The second kappa shape index (κ2) is 5.97. The van der Waals surface area contributed by atoms with Crippen LogP contribution in [0.4, 0.5) is 0 Å². The van der Waals surface area contributed by atoms with E-state index in [0.29, 0.717) is 0 Å². The summed E-state index contributed by atoms with van der Waals surface area (Å²) in [7, 11) is -2.21. The normalized spacial score (nSPS) is 11.8. The largest absolute Gasteiger partial charge is 0.353 e. The number of carbonyl (C=O) groups is 1. The maximum absolute atomic E-state index is 12.1. The van der Waals surface area contributed by atoms with Crippen molar-refractivity contribution in [1.82, 2.24) is 9.62 Å². The van der Waals surface area contributed by atoms with E-state index in [2.05, 4.69) is 5.32 Å². The summed E-state index contributed by atoms with van der Waals surface area (Å²) >= 11 is 0. The molecule has 0 aliphatic rings. The van der Waals surface area contributed by atoms with Gasteiger partial charge >= 0.3 is 0 Å². The number of rotatable bonds is 5. The summed E-state index contributed by atoms with van der Waals surface area (Å²) in [5.41, 5.74) is 0. The number of nitrogens with zero attached hydrogens (tertiary/aromatic N) is 1. The van der Waals surface area contributed by atoms with Crippen molar-refractivity contribution in [2.75, 3.05) is 13.6 Å². The molecule has 0 aromatic heterocycles. The lowest BCUT2D eigenvalue weighted by Gasteiger charge is -2.17. The van der Waals surface area contributed by atoms with Crippen LogP contribution in [0.2, 0.25) is 0 Å². The predicted octanol–water partition coefficient (Wildman–Crippen LogP) is 0.832. The van der Waals surface area contributed by atoms with E-state index < -0.39 is 10.0 Å². The zero-order chi connectivity index (χ0) is 13.8. The van der Waals surface area contributed by atoms with Gasteiger partial charge < -0.3 is 5.32 Å². The molecular weight excluding hydrogens is 252 g/mol. The molecule has 0 spiro atoms. The number of carbonyl (C=O) groups excluding carboxylic acids is 1. The Morgan fingerprint density at radius 2 is 1.83 bits per heavy atom. The van der Waals surface area contributed by atoms with Gasteiger partial charge in [0.25, 0.3) is 0 Å². The molecule has 100 valence electrons. The van der Waals surface area contributed by atoms with Crippen molar-refractivity contribution in [1.29, 1.82) is 0 Å². The predicted molar refractivity (Wildman–Crippen MR) is 69.5 cm³/mol. The van der Waals surface area contributed by atoms with E-state index in [4.69, 9.17) is 0 Å². The SMILES string of the molecule is CC(C)NC(=O)CN(C)S(=O)(=O)c1ccccc1. The lowest BCUT2D eigenvalue weighted by molar-refractivity contribution is -0.121. The molecule has 1 rings (SSSR count). The molecule has 1 N–H and O–H groups in total. The van der Waals surface area contributed by atoms with Crippen molar-refractivity contribution in [2.45, 2.75) is 24.8 Å². The molecule has 0 saturated heterocycles. The van der Waals surface area contributed by atoms with Gasteiger partial charge in [0, 0.05) is 13.1 Å². The second-order valence-corrected chi connectivity index (χ2v) is 6.34. The molecule has 1 aromatic carbocycles. The lowest BCUT2D eigenvalue weighted by atomic mass is 10.4. The Morgan fingerprint density at radius 3 is 2.33 bits per heavy atom. The van der Waals surface area contributed by atoms with E-state index >= 15 is 0 Å². The first-order valence-corrected chi connectivity index (χ1v) is 7.09. The first-order valence-electron chi connectivity index (χ1n) is 5.65. The van der Waals surface area contributed by atoms with Gasteiger partial charge in [-0.2, -0.15) is 4.31 Å². The summed E-state index contributed by atoms with van der Waals surface area (Å²) in [6, 6.07) is 8.04. The van der Waals surface area contributed by atoms with Gasteiger partial charge in [-0.1, -0.05) is 18.2 Å². The molecule has 1 amide bonds. The molecule has 0 atom stereocenters. The standard InChI is InChI=1S/C12H18N2O3S/c1-10(2)13-12(15)9-14(3)18(16,17)11-7-5-4-6-8-11/h4-8,10H,9H2,1-3H3,(H,13,15). The van der Waals surface area contributed by atoms with Crippen LogP contribution in [0.25, 0.3) is 0 Å². The summed E-state index contributed by atoms with van der Waals surface area (Å²) in [5, 5.41) is 2.65. The van der Waals surface area contributed by atoms with Gasteiger partial charge in [-0.15, -0.1) is 0 Å². The van der Waals surface area contributed by atoms with Crippen molar-refractivity contribution >= 4 is 15.9 Å². The monoisotopic (exact) mass is 270 g/mol. The van der Waals surface area contributed by atoms with Crippen molar-refractivity contribution < 1.29 is 13.2 Å². The zero-order valence-electron chi connectivity index (χ0n) is 10.8. The summed E-state index contributed by atoms with van der Waals surface area (Å²) in [6.07, 6.45) is 0. The molecule has 0 unspecified atom stereocenters. The van der Waals surface area contributed by atoms with Crippen molar-refractivity contribution in [2.24, 2.45) is 0 Å². The van der Waals surface area contributed by atoms with E-state index in [0.717, 1.165) is 4.31 Å². The number of hydrogen-bond acceptors (Lipinski definition) is 3. The van der Waals surface area contributed by atoms with Crippen molar-refractivity contribution in [3.63, 3.8) is 0 Å². The molecule has 6 heteroatoms. The fourth-order valence-corrected chi connectivity index (χ4v) is 2.58. The first kappa shape index (κ1) is 14.7. The van der Waals surface area contributed by atoms with Crippen LogP contribution in [-0.2, 0) is 14.8 Å². The van der Waals surface area contributed by atoms with Crippen molar-refractivity contribution in [3.8, 4) is 0 Å². The molecule has 0 fully saturated rings. The van der Waals surface area contributed by atoms with Gasteiger partial charge in [-0.25, -0.2) is 8.42 Å². The van der Waals surface area contributed by atoms with Crippen LogP contribution < -0.4 is 5.32 Å². The summed E-state index contributed by atoms with van der Waals surface area (Å²) in [5.74, 6) is -0.313. The summed E-state index contributed by atoms with van der Waals surface area (Å²) in [4.78, 5) is 11.7. The number of likely N-dealkylation sites (N-methyl/N-ethyl adjacent to an activating group) is 1. The Bertz CT molecular complexity index is 497. The average Bonchev–Trinajstić information content (AvgIpc) is 2.28. The van der Waals surface area contributed by atoms with Crippen LogP contribution in [0, 0.1) is 0 Å². The number of amides is 1. The summed E-state index contributed by atoms with van der Waals surface area (Å²) < 4.78 is 25.2. The fraction of sp³-hybridized carbons (Fsp3) is 0.417. The van der Waals surface area contributed by atoms with Gasteiger partial charge in [0.2, 0.25) is 15.9 Å². The van der Waals surface area contributed by atoms with Crippen LogP contribution in [-0.4, -0.2) is 38.3 Å². The third-order valence-corrected chi connectivity index (χ3v) is 4.08. The molecule has 0 aliphatic carbocycles. The Kier molecular flexibility index (Phi) is 4.86. The molecule has 0 aliphatic heterocycles. The molecule has 1 aromatic rings. The van der Waals surface area contributed by atoms with Gasteiger partial charge in [0.1, 0.15) is 0 Å². The molecule has 0 bridgehead atoms. The molecule has 18 heavy (non-hydrogen) atoms. The van der Waals surface area contributed by atoms with Crippen LogP contribution in [0.1, 0.15) is 13.8 Å². The van der Waals surface area contributed by atoms with Crippen molar-refractivity contribution in [3.05, 3.63) is 30.3 Å². The minimum absolute atomic E-state index is 0.00895. The Hall–Kier alpha value is -1.40. The highest BCUT2D eigenvalue weighted by Gasteiger charge is 2.22. The lowest BCUT2D eigenvalue weighted by Crippen LogP contribution is -2.40. The van der Waals surface area contributed by atoms with E-state index in [-0.39, 0.29) is 23.4 Å². The number of nitrogens with one attached hydrogen (secondary N) is 1. The quantitative estimate of drug-likeness (QED) is 0.862. The van der Waals surface area contributed by atoms with E-state index in [1.165, 1.54) is 19.2 Å². The highest BCUT2D eigenvalue weighted by molar-refractivity contribution is 7.89. The maximum Gasteiger partial charge on any atom is 0.243 e.